The highest BCUT2D eigenvalue weighted by atomic mass is 32.2. The number of aromatic nitrogens is 2. The summed E-state index contributed by atoms with van der Waals surface area (Å²) in [5.41, 5.74) is 1.86. The molecule has 5 nitrogen and oxygen atoms in total. The van der Waals surface area contributed by atoms with Crippen LogP contribution in [0.15, 0.2) is 33.9 Å². The second kappa shape index (κ2) is 6.96. The summed E-state index contributed by atoms with van der Waals surface area (Å²) in [7, 11) is 0. The lowest BCUT2D eigenvalue weighted by molar-refractivity contribution is -0.120. The van der Waals surface area contributed by atoms with Crippen molar-refractivity contribution in [3.63, 3.8) is 0 Å². The Morgan fingerprint density at radius 3 is 2.59 bits per heavy atom. The van der Waals surface area contributed by atoms with Crippen molar-refractivity contribution < 1.29 is 9.21 Å². The lowest BCUT2D eigenvalue weighted by Gasteiger charge is -2.24. The Kier molecular flexibility index (Phi) is 5.24. The van der Waals surface area contributed by atoms with Crippen molar-refractivity contribution in [1.29, 1.82) is 0 Å². The van der Waals surface area contributed by atoms with Gasteiger partial charge < -0.3 is 9.73 Å². The molecule has 1 amide bonds. The number of benzene rings is 1. The van der Waals surface area contributed by atoms with Gasteiger partial charge in [-0.1, -0.05) is 36.4 Å². The molecule has 2 rings (SSSR count). The smallest absolute Gasteiger partial charge is 0.277 e. The molecule has 2 aromatic rings. The maximum atomic E-state index is 11.9. The maximum Gasteiger partial charge on any atom is 0.277 e. The van der Waals surface area contributed by atoms with Gasteiger partial charge in [-0.2, -0.15) is 0 Å². The third-order valence-electron chi connectivity index (χ3n) is 3.39. The normalized spacial score (nSPS) is 11.5. The van der Waals surface area contributed by atoms with Gasteiger partial charge in [0.15, 0.2) is 0 Å². The van der Waals surface area contributed by atoms with Gasteiger partial charge in [-0.05, 0) is 39.3 Å². The van der Waals surface area contributed by atoms with E-state index in [1.807, 2.05) is 52.0 Å². The van der Waals surface area contributed by atoms with Gasteiger partial charge in [0.25, 0.3) is 5.22 Å². The zero-order valence-electron chi connectivity index (χ0n) is 13.3. The molecule has 118 valence electrons. The highest BCUT2D eigenvalue weighted by Crippen LogP contribution is 2.23. The zero-order valence-corrected chi connectivity index (χ0v) is 14.2. The van der Waals surface area contributed by atoms with Crippen LogP contribution in [-0.4, -0.2) is 27.4 Å². The summed E-state index contributed by atoms with van der Waals surface area (Å²) in [5, 5.41) is 11.4. The van der Waals surface area contributed by atoms with E-state index in [-0.39, 0.29) is 17.2 Å². The van der Waals surface area contributed by atoms with Crippen LogP contribution in [0.25, 0.3) is 11.5 Å². The first kappa shape index (κ1) is 16.5. The van der Waals surface area contributed by atoms with Crippen LogP contribution in [0.3, 0.4) is 0 Å². The molecule has 0 aliphatic heterocycles. The second-order valence-corrected chi connectivity index (χ2v) is 6.74. The van der Waals surface area contributed by atoms with E-state index < -0.39 is 0 Å². The van der Waals surface area contributed by atoms with Crippen molar-refractivity contribution in [2.24, 2.45) is 0 Å². The van der Waals surface area contributed by atoms with Crippen LogP contribution < -0.4 is 5.32 Å². The Morgan fingerprint density at radius 2 is 1.95 bits per heavy atom. The lowest BCUT2D eigenvalue weighted by Crippen LogP contribution is -2.43. The van der Waals surface area contributed by atoms with Gasteiger partial charge in [-0.3, -0.25) is 4.79 Å². The van der Waals surface area contributed by atoms with Crippen molar-refractivity contribution in [3.8, 4) is 11.5 Å². The van der Waals surface area contributed by atoms with Crippen LogP contribution in [-0.2, 0) is 4.79 Å². The average Bonchev–Trinajstić information content (AvgIpc) is 2.94. The van der Waals surface area contributed by atoms with E-state index in [0.717, 1.165) is 12.0 Å². The molecule has 1 N–H and O–H groups in total. The molecule has 0 atom stereocenters. The van der Waals surface area contributed by atoms with Crippen LogP contribution in [0, 0.1) is 6.92 Å². The predicted octanol–water partition coefficient (Wildman–Crippen LogP) is 3.44. The molecule has 0 fully saturated rings. The summed E-state index contributed by atoms with van der Waals surface area (Å²) in [6, 6.07) is 7.86. The van der Waals surface area contributed by atoms with Crippen LogP contribution in [0.2, 0.25) is 0 Å². The van der Waals surface area contributed by atoms with Gasteiger partial charge in [-0.15, -0.1) is 10.2 Å². The van der Waals surface area contributed by atoms with Crippen LogP contribution >= 0.6 is 11.8 Å². The molecule has 0 saturated carbocycles. The fourth-order valence-electron chi connectivity index (χ4n) is 1.71. The minimum absolute atomic E-state index is 0.0352. The highest BCUT2D eigenvalue weighted by Gasteiger charge is 2.18. The first-order valence-electron chi connectivity index (χ1n) is 7.24. The topological polar surface area (TPSA) is 68.0 Å². The summed E-state index contributed by atoms with van der Waals surface area (Å²) >= 11 is 1.25. The molecule has 0 spiro atoms. The fraction of sp³-hybridized carbons (Fsp3) is 0.438. The molecule has 0 saturated heterocycles. The molecule has 0 unspecified atom stereocenters. The number of aryl methyl sites for hydroxylation is 1. The minimum Gasteiger partial charge on any atom is -0.411 e. The third kappa shape index (κ3) is 4.59. The number of carbonyl (C=O) groups excluding carboxylic acids is 1. The summed E-state index contributed by atoms with van der Waals surface area (Å²) in [6.45, 7) is 8.06. The minimum atomic E-state index is -0.195. The Hall–Kier alpha value is -1.82. The van der Waals surface area contributed by atoms with Crippen LogP contribution in [0.5, 0.6) is 0 Å². The lowest BCUT2D eigenvalue weighted by atomic mass is 10.0. The van der Waals surface area contributed by atoms with E-state index in [0.29, 0.717) is 11.1 Å². The first-order chi connectivity index (χ1) is 10.4. The van der Waals surface area contributed by atoms with E-state index in [4.69, 9.17) is 4.42 Å². The molecule has 1 aromatic heterocycles. The molecular weight excluding hydrogens is 298 g/mol. The summed E-state index contributed by atoms with van der Waals surface area (Å²) in [4.78, 5) is 11.9. The van der Waals surface area contributed by atoms with E-state index in [1.165, 1.54) is 17.3 Å². The standard InChI is InChI=1S/C16H21N3O2S/c1-5-16(3,4)17-13(20)10-22-15-19-18-14(21-15)12-8-6-11(2)7-9-12/h6-9H,5,10H2,1-4H3,(H,17,20). The van der Waals surface area contributed by atoms with Crippen molar-refractivity contribution in [2.45, 2.75) is 44.9 Å². The Labute approximate surface area is 134 Å². The number of nitrogens with zero attached hydrogens (tertiary/aromatic N) is 2. The average molecular weight is 319 g/mol. The fourth-order valence-corrected chi connectivity index (χ4v) is 2.27. The quantitative estimate of drug-likeness (QED) is 0.826. The molecule has 1 aromatic carbocycles. The van der Waals surface area contributed by atoms with E-state index in [9.17, 15) is 4.79 Å². The molecule has 0 aliphatic rings. The van der Waals surface area contributed by atoms with Crippen molar-refractivity contribution >= 4 is 17.7 Å². The molecule has 0 radical (unpaired) electrons. The molecule has 22 heavy (non-hydrogen) atoms. The monoisotopic (exact) mass is 319 g/mol. The van der Waals surface area contributed by atoms with Gasteiger partial charge in [-0.25, -0.2) is 0 Å². The third-order valence-corrected chi connectivity index (χ3v) is 4.21. The van der Waals surface area contributed by atoms with Crippen molar-refractivity contribution in [2.75, 3.05) is 5.75 Å². The Bertz CT molecular complexity index is 635. The number of hydrogen-bond donors (Lipinski definition) is 1. The van der Waals surface area contributed by atoms with Gasteiger partial charge in [0, 0.05) is 11.1 Å². The zero-order chi connectivity index (χ0) is 16.2. The van der Waals surface area contributed by atoms with Gasteiger partial charge in [0.05, 0.1) is 5.75 Å². The summed E-state index contributed by atoms with van der Waals surface area (Å²) in [6.07, 6.45) is 0.877. The van der Waals surface area contributed by atoms with Gasteiger partial charge in [0.1, 0.15) is 0 Å². The van der Waals surface area contributed by atoms with Crippen LogP contribution in [0.4, 0.5) is 0 Å². The molecule has 6 heteroatoms. The predicted molar refractivity (Wildman–Crippen MR) is 87.7 cm³/mol. The molecular formula is C16H21N3O2S. The largest absolute Gasteiger partial charge is 0.411 e. The number of hydrogen-bond acceptors (Lipinski definition) is 5. The second-order valence-electron chi connectivity index (χ2n) is 5.81. The maximum absolute atomic E-state index is 11.9. The molecule has 0 bridgehead atoms. The van der Waals surface area contributed by atoms with Crippen molar-refractivity contribution in [3.05, 3.63) is 29.8 Å². The van der Waals surface area contributed by atoms with Crippen molar-refractivity contribution in [1.82, 2.24) is 15.5 Å². The van der Waals surface area contributed by atoms with E-state index in [1.54, 1.807) is 0 Å². The summed E-state index contributed by atoms with van der Waals surface area (Å²) in [5.74, 6) is 0.697. The van der Waals surface area contributed by atoms with Gasteiger partial charge in [0.2, 0.25) is 11.8 Å². The summed E-state index contributed by atoms with van der Waals surface area (Å²) < 4.78 is 5.58. The number of rotatable bonds is 6. The Morgan fingerprint density at radius 1 is 1.27 bits per heavy atom. The van der Waals surface area contributed by atoms with Crippen LogP contribution in [0.1, 0.15) is 32.8 Å². The number of thioether (sulfide) groups is 1. The molecule has 1 heterocycles. The molecule has 0 aliphatic carbocycles. The highest BCUT2D eigenvalue weighted by molar-refractivity contribution is 7.99. The van der Waals surface area contributed by atoms with E-state index >= 15 is 0 Å². The Balaban J connectivity index is 1.92. The number of carbonyl (C=O) groups is 1. The SMILES string of the molecule is CCC(C)(C)NC(=O)CSc1nnc(-c2ccc(C)cc2)o1. The first-order valence-corrected chi connectivity index (χ1v) is 8.22. The van der Waals surface area contributed by atoms with E-state index in [2.05, 4.69) is 15.5 Å². The number of amides is 1. The van der Waals surface area contributed by atoms with Gasteiger partial charge >= 0.3 is 0 Å². The number of nitrogens with one attached hydrogen (secondary N) is 1.